The lowest BCUT2D eigenvalue weighted by Gasteiger charge is -2.14. The average molecular weight is 246 g/mol. The number of hydrogen-bond acceptors (Lipinski definition) is 0. The molecule has 0 fully saturated rings. The van der Waals surface area contributed by atoms with E-state index in [-0.39, 0.29) is 0 Å². The van der Waals surface area contributed by atoms with Gasteiger partial charge in [-0.25, -0.2) is 0 Å². The summed E-state index contributed by atoms with van der Waals surface area (Å²) in [5.74, 6) is 0. The minimum atomic E-state index is 1.26. The highest BCUT2D eigenvalue weighted by Crippen LogP contribution is 2.35. The Labute approximate surface area is 114 Å². The number of rotatable bonds is 1. The number of benzene rings is 3. The lowest BCUT2D eigenvalue weighted by atomic mass is 9.89. The Morgan fingerprint density at radius 3 is 2.42 bits per heavy atom. The summed E-state index contributed by atoms with van der Waals surface area (Å²) in [6, 6.07) is 13.2. The number of fused-ring (bicyclic) bond motifs is 3. The molecule has 0 heterocycles. The third kappa shape index (κ3) is 1.67. The molecule has 0 aliphatic rings. The molecule has 0 radical (unpaired) electrons. The second kappa shape index (κ2) is 4.24. The molecule has 3 aromatic rings. The number of aryl methyl sites for hydroxylation is 3. The summed E-state index contributed by atoms with van der Waals surface area (Å²) in [5, 5.41) is 5.37. The molecule has 94 valence electrons. The van der Waals surface area contributed by atoms with E-state index in [1.54, 1.807) is 0 Å². The molecule has 3 aromatic carbocycles. The van der Waals surface area contributed by atoms with E-state index in [1.165, 1.54) is 43.8 Å². The molecule has 0 bridgehead atoms. The third-order valence-corrected chi connectivity index (χ3v) is 4.02. The average Bonchev–Trinajstić information content (AvgIpc) is 2.39. The first-order valence-corrected chi connectivity index (χ1v) is 6.68. The molecule has 0 heteroatoms. The predicted octanol–water partition coefficient (Wildman–Crippen LogP) is 5.56. The molecule has 3 rings (SSSR count). The molecule has 0 saturated carbocycles. The minimum Gasteiger partial charge on any atom is -0.0984 e. The predicted molar refractivity (Wildman–Crippen MR) is 85.8 cm³/mol. The van der Waals surface area contributed by atoms with Crippen LogP contribution in [0.5, 0.6) is 0 Å². The van der Waals surface area contributed by atoms with Gasteiger partial charge < -0.3 is 0 Å². The van der Waals surface area contributed by atoms with Crippen molar-refractivity contribution in [3.63, 3.8) is 0 Å². The van der Waals surface area contributed by atoms with Crippen molar-refractivity contribution in [2.75, 3.05) is 0 Å². The molecule has 0 amide bonds. The van der Waals surface area contributed by atoms with Gasteiger partial charge in [0.2, 0.25) is 0 Å². The Hall–Kier alpha value is -2.08. The molecule has 0 atom stereocenters. The fourth-order valence-corrected chi connectivity index (χ4v) is 3.05. The van der Waals surface area contributed by atoms with E-state index in [4.69, 9.17) is 0 Å². The summed E-state index contributed by atoms with van der Waals surface area (Å²) in [4.78, 5) is 0. The first kappa shape index (κ1) is 12.0. The van der Waals surface area contributed by atoms with Crippen LogP contribution >= 0.6 is 0 Å². The van der Waals surface area contributed by atoms with Gasteiger partial charge in [-0.3, -0.25) is 0 Å². The molecule has 0 saturated heterocycles. The van der Waals surface area contributed by atoms with E-state index >= 15 is 0 Å². The van der Waals surface area contributed by atoms with Gasteiger partial charge in [0.15, 0.2) is 0 Å². The maximum atomic E-state index is 4.00. The molecular formula is C19H18. The second-order valence-corrected chi connectivity index (χ2v) is 5.29. The lowest BCUT2D eigenvalue weighted by molar-refractivity contribution is 1.46. The Balaban J connectivity index is 2.71. The quantitative estimate of drug-likeness (QED) is 0.493. The van der Waals surface area contributed by atoms with Crippen LogP contribution in [0.2, 0.25) is 0 Å². The highest BCUT2D eigenvalue weighted by atomic mass is 14.1. The van der Waals surface area contributed by atoms with Crippen molar-refractivity contribution in [3.8, 4) is 0 Å². The van der Waals surface area contributed by atoms with E-state index < -0.39 is 0 Å². The van der Waals surface area contributed by atoms with Crippen LogP contribution in [-0.4, -0.2) is 0 Å². The maximum Gasteiger partial charge on any atom is -0.00698 e. The van der Waals surface area contributed by atoms with Crippen molar-refractivity contribution >= 4 is 27.6 Å². The molecule has 0 spiro atoms. The molecule has 0 unspecified atom stereocenters. The second-order valence-electron chi connectivity index (χ2n) is 5.29. The van der Waals surface area contributed by atoms with Crippen LogP contribution in [0, 0.1) is 20.8 Å². The van der Waals surface area contributed by atoms with E-state index in [0.29, 0.717) is 0 Å². The third-order valence-electron chi connectivity index (χ3n) is 4.02. The van der Waals surface area contributed by atoms with Crippen LogP contribution < -0.4 is 0 Å². The summed E-state index contributed by atoms with van der Waals surface area (Å²) in [6.07, 6.45) is 1.98. The van der Waals surface area contributed by atoms with Gasteiger partial charge in [-0.15, -0.1) is 0 Å². The molecular weight excluding hydrogens is 228 g/mol. The Morgan fingerprint density at radius 2 is 1.68 bits per heavy atom. The highest BCUT2D eigenvalue weighted by molar-refractivity contribution is 6.14. The van der Waals surface area contributed by atoms with Crippen molar-refractivity contribution in [2.24, 2.45) is 0 Å². The zero-order chi connectivity index (χ0) is 13.6. The van der Waals surface area contributed by atoms with Crippen LogP contribution in [0.4, 0.5) is 0 Å². The fraction of sp³-hybridized carbons (Fsp3) is 0.158. The van der Waals surface area contributed by atoms with E-state index in [0.717, 1.165) is 0 Å². The van der Waals surface area contributed by atoms with Gasteiger partial charge in [-0.2, -0.15) is 0 Å². The van der Waals surface area contributed by atoms with Gasteiger partial charge in [-0.05, 0) is 59.0 Å². The fourth-order valence-electron chi connectivity index (χ4n) is 3.05. The van der Waals surface area contributed by atoms with Gasteiger partial charge in [-0.1, -0.05) is 54.6 Å². The van der Waals surface area contributed by atoms with Gasteiger partial charge in [0.1, 0.15) is 0 Å². The molecule has 0 aliphatic heterocycles. The topological polar surface area (TPSA) is 0 Å². The standard InChI is InChI=1S/C19H18/c1-5-15-14(4)16-10-9-12(2)11-18(16)19-13(3)7-6-8-17(15)19/h5-11H,1H2,2-4H3. The summed E-state index contributed by atoms with van der Waals surface area (Å²) in [7, 11) is 0. The van der Waals surface area contributed by atoms with Crippen molar-refractivity contribution in [1.29, 1.82) is 0 Å². The van der Waals surface area contributed by atoms with Gasteiger partial charge >= 0.3 is 0 Å². The largest absolute Gasteiger partial charge is 0.0984 e. The molecule has 0 nitrogen and oxygen atoms in total. The monoisotopic (exact) mass is 246 g/mol. The SMILES string of the molecule is C=Cc1c(C)c2ccc(C)cc2c2c(C)cccc12. The van der Waals surface area contributed by atoms with Gasteiger partial charge in [0.05, 0.1) is 0 Å². The zero-order valence-electron chi connectivity index (χ0n) is 11.7. The maximum absolute atomic E-state index is 4.00. The van der Waals surface area contributed by atoms with E-state index in [1.807, 2.05) is 6.08 Å². The molecule has 0 N–H and O–H groups in total. The minimum absolute atomic E-state index is 1.26. The van der Waals surface area contributed by atoms with Crippen LogP contribution in [0.3, 0.4) is 0 Å². The van der Waals surface area contributed by atoms with Crippen molar-refractivity contribution in [3.05, 3.63) is 65.2 Å². The van der Waals surface area contributed by atoms with Crippen LogP contribution in [0.1, 0.15) is 22.3 Å². The van der Waals surface area contributed by atoms with Gasteiger partial charge in [0.25, 0.3) is 0 Å². The summed E-state index contributed by atoms with van der Waals surface area (Å²) in [5.41, 5.74) is 5.22. The van der Waals surface area contributed by atoms with Crippen molar-refractivity contribution in [2.45, 2.75) is 20.8 Å². The highest BCUT2D eigenvalue weighted by Gasteiger charge is 2.10. The number of hydrogen-bond donors (Lipinski definition) is 0. The van der Waals surface area contributed by atoms with Crippen LogP contribution in [-0.2, 0) is 0 Å². The first-order chi connectivity index (χ1) is 9.13. The Morgan fingerprint density at radius 1 is 0.895 bits per heavy atom. The Kier molecular flexibility index (Phi) is 2.67. The molecule has 0 aliphatic carbocycles. The Bertz CT molecular complexity index is 807. The molecule has 19 heavy (non-hydrogen) atoms. The van der Waals surface area contributed by atoms with Crippen LogP contribution in [0.25, 0.3) is 27.6 Å². The summed E-state index contributed by atoms with van der Waals surface area (Å²) >= 11 is 0. The summed E-state index contributed by atoms with van der Waals surface area (Å²) < 4.78 is 0. The van der Waals surface area contributed by atoms with E-state index in [9.17, 15) is 0 Å². The zero-order valence-corrected chi connectivity index (χ0v) is 11.7. The smallest absolute Gasteiger partial charge is 0.00698 e. The van der Waals surface area contributed by atoms with Crippen LogP contribution in [0.15, 0.2) is 43.0 Å². The summed E-state index contributed by atoms with van der Waals surface area (Å²) in [6.45, 7) is 10.5. The van der Waals surface area contributed by atoms with Crippen molar-refractivity contribution < 1.29 is 0 Å². The first-order valence-electron chi connectivity index (χ1n) is 6.68. The lowest BCUT2D eigenvalue weighted by Crippen LogP contribution is -1.91. The normalized spacial score (nSPS) is 11.1. The van der Waals surface area contributed by atoms with Gasteiger partial charge in [0, 0.05) is 0 Å². The molecule has 0 aromatic heterocycles. The van der Waals surface area contributed by atoms with E-state index in [2.05, 4.69) is 63.7 Å². The van der Waals surface area contributed by atoms with Crippen molar-refractivity contribution in [1.82, 2.24) is 0 Å².